The Hall–Kier alpha value is -4.13. The molecule has 0 bridgehead atoms. The number of aryl methyl sites for hydroxylation is 1. The van der Waals surface area contributed by atoms with Crippen LogP contribution >= 0.6 is 0 Å². The largest absolute Gasteiger partial charge is 0.439 e. The summed E-state index contributed by atoms with van der Waals surface area (Å²) >= 11 is 0. The van der Waals surface area contributed by atoms with Gasteiger partial charge >= 0.3 is 0 Å². The van der Waals surface area contributed by atoms with Gasteiger partial charge in [-0.25, -0.2) is 4.98 Å². The zero-order chi connectivity index (χ0) is 22.8. The second-order valence-electron chi connectivity index (χ2n) is 8.03. The monoisotopic (exact) mass is 440 g/mol. The Balaban J connectivity index is 1.25. The van der Waals surface area contributed by atoms with Gasteiger partial charge in [0.1, 0.15) is 11.4 Å². The minimum atomic E-state index is -0.161. The van der Waals surface area contributed by atoms with Crippen molar-refractivity contribution in [1.29, 1.82) is 0 Å². The van der Waals surface area contributed by atoms with E-state index in [2.05, 4.69) is 4.98 Å². The number of nitrogens with zero attached hydrogens (tertiary/aromatic N) is 4. The number of ether oxygens (including phenoxy) is 1. The van der Waals surface area contributed by atoms with Gasteiger partial charge in [-0.1, -0.05) is 42.5 Å². The Morgan fingerprint density at radius 1 is 0.788 bits per heavy atom. The molecule has 4 aromatic rings. The molecule has 0 aliphatic carbocycles. The van der Waals surface area contributed by atoms with Crippen molar-refractivity contribution >= 4 is 22.7 Å². The number of para-hydroxylation sites is 2. The van der Waals surface area contributed by atoms with Gasteiger partial charge in [0.25, 0.3) is 11.8 Å². The van der Waals surface area contributed by atoms with E-state index in [4.69, 9.17) is 4.74 Å². The second kappa shape index (κ2) is 8.78. The molecule has 0 saturated carbocycles. The normalized spacial score (nSPS) is 13.8. The predicted molar refractivity (Wildman–Crippen MR) is 125 cm³/mol. The van der Waals surface area contributed by atoms with Crippen LogP contribution in [0.5, 0.6) is 11.6 Å². The Morgan fingerprint density at radius 3 is 2.21 bits per heavy atom. The number of hydrogen-bond donors (Lipinski definition) is 0. The number of amides is 2. The van der Waals surface area contributed by atoms with Crippen molar-refractivity contribution in [3.05, 3.63) is 90.3 Å². The van der Waals surface area contributed by atoms with Crippen LogP contribution in [0.1, 0.15) is 20.8 Å². The molecule has 0 atom stereocenters. The topological polar surface area (TPSA) is 67.7 Å². The number of rotatable bonds is 4. The molecule has 1 aliphatic rings. The highest BCUT2D eigenvalue weighted by atomic mass is 16.5. The molecular formula is C26H24N4O3. The van der Waals surface area contributed by atoms with E-state index in [0.717, 1.165) is 10.9 Å². The van der Waals surface area contributed by atoms with Crippen LogP contribution in [0.3, 0.4) is 0 Å². The van der Waals surface area contributed by atoms with Gasteiger partial charge in [-0.3, -0.25) is 9.59 Å². The standard InChI is InChI=1S/C26H24N4O3/c1-28-18-21(20-10-5-6-12-23(20)28)25(31)29-14-16-30(17-15-29)26(32)22-11-7-13-24(27-22)33-19-8-3-2-4-9-19/h2-13,18H,14-17H2,1H3. The molecule has 1 fully saturated rings. The summed E-state index contributed by atoms with van der Waals surface area (Å²) in [5, 5.41) is 0.947. The lowest BCUT2D eigenvalue weighted by atomic mass is 10.1. The van der Waals surface area contributed by atoms with Crippen LogP contribution in [0.25, 0.3) is 10.9 Å². The molecule has 1 saturated heterocycles. The molecule has 7 heteroatoms. The third-order valence-corrected chi connectivity index (χ3v) is 5.89. The van der Waals surface area contributed by atoms with E-state index in [0.29, 0.717) is 49.1 Å². The molecule has 1 aliphatic heterocycles. The van der Waals surface area contributed by atoms with E-state index in [1.807, 2.05) is 77.3 Å². The fourth-order valence-electron chi connectivity index (χ4n) is 4.16. The summed E-state index contributed by atoms with van der Waals surface area (Å²) in [6.07, 6.45) is 1.88. The molecule has 0 spiro atoms. The lowest BCUT2D eigenvalue weighted by Gasteiger charge is -2.34. The molecule has 0 N–H and O–H groups in total. The smallest absolute Gasteiger partial charge is 0.272 e. The maximum absolute atomic E-state index is 13.2. The number of carbonyl (C=O) groups excluding carboxylic acids is 2. The van der Waals surface area contributed by atoms with E-state index in [-0.39, 0.29) is 11.8 Å². The zero-order valence-corrected chi connectivity index (χ0v) is 18.3. The summed E-state index contributed by atoms with van der Waals surface area (Å²) in [6.45, 7) is 1.88. The molecular weight excluding hydrogens is 416 g/mol. The Morgan fingerprint density at radius 2 is 1.45 bits per heavy atom. The summed E-state index contributed by atoms with van der Waals surface area (Å²) in [6, 6.07) is 22.4. The van der Waals surface area contributed by atoms with Crippen LogP contribution in [-0.2, 0) is 7.05 Å². The van der Waals surface area contributed by atoms with E-state index in [1.165, 1.54) is 0 Å². The van der Waals surface area contributed by atoms with Gasteiger partial charge in [0, 0.05) is 56.4 Å². The van der Waals surface area contributed by atoms with Crippen LogP contribution in [0.15, 0.2) is 79.0 Å². The Kier molecular flexibility index (Phi) is 5.52. The number of carbonyl (C=O) groups is 2. The predicted octanol–water partition coefficient (Wildman–Crippen LogP) is 3.96. The van der Waals surface area contributed by atoms with Gasteiger partial charge in [0.15, 0.2) is 0 Å². The fraction of sp³-hybridized carbons (Fsp3) is 0.192. The van der Waals surface area contributed by atoms with Crippen LogP contribution in [0, 0.1) is 0 Å². The Labute approximate surface area is 191 Å². The van der Waals surface area contributed by atoms with E-state index in [9.17, 15) is 9.59 Å². The van der Waals surface area contributed by atoms with Gasteiger partial charge in [-0.15, -0.1) is 0 Å². The maximum atomic E-state index is 13.2. The average molecular weight is 441 g/mol. The molecule has 7 nitrogen and oxygen atoms in total. The van der Waals surface area contributed by atoms with Gasteiger partial charge < -0.3 is 19.1 Å². The van der Waals surface area contributed by atoms with Gasteiger partial charge in [-0.2, -0.15) is 0 Å². The van der Waals surface area contributed by atoms with Crippen molar-refractivity contribution in [3.8, 4) is 11.6 Å². The maximum Gasteiger partial charge on any atom is 0.272 e. The van der Waals surface area contributed by atoms with Crippen molar-refractivity contribution in [2.75, 3.05) is 26.2 Å². The van der Waals surface area contributed by atoms with E-state index < -0.39 is 0 Å². The summed E-state index contributed by atoms with van der Waals surface area (Å²) in [5.41, 5.74) is 2.05. The molecule has 2 amide bonds. The Bertz CT molecular complexity index is 1310. The van der Waals surface area contributed by atoms with Crippen molar-refractivity contribution < 1.29 is 14.3 Å². The number of benzene rings is 2. The second-order valence-corrected chi connectivity index (χ2v) is 8.03. The number of pyridine rings is 1. The van der Waals surface area contributed by atoms with Crippen molar-refractivity contribution in [3.63, 3.8) is 0 Å². The number of hydrogen-bond acceptors (Lipinski definition) is 4. The van der Waals surface area contributed by atoms with Crippen LogP contribution in [0.2, 0.25) is 0 Å². The van der Waals surface area contributed by atoms with Crippen molar-refractivity contribution in [2.45, 2.75) is 0 Å². The lowest BCUT2D eigenvalue weighted by Crippen LogP contribution is -2.50. The fourth-order valence-corrected chi connectivity index (χ4v) is 4.16. The first-order chi connectivity index (χ1) is 16.1. The molecule has 0 radical (unpaired) electrons. The summed E-state index contributed by atoms with van der Waals surface area (Å²) in [5.74, 6) is 0.869. The summed E-state index contributed by atoms with van der Waals surface area (Å²) in [7, 11) is 1.94. The molecule has 0 unspecified atom stereocenters. The van der Waals surface area contributed by atoms with Crippen LogP contribution in [0.4, 0.5) is 0 Å². The van der Waals surface area contributed by atoms with Crippen molar-refractivity contribution in [1.82, 2.24) is 19.4 Å². The first-order valence-corrected chi connectivity index (χ1v) is 10.9. The first kappa shape index (κ1) is 20.8. The van der Waals surface area contributed by atoms with E-state index in [1.54, 1.807) is 23.1 Å². The summed E-state index contributed by atoms with van der Waals surface area (Å²) in [4.78, 5) is 34.1. The number of aromatic nitrogens is 2. The third kappa shape index (κ3) is 4.17. The summed E-state index contributed by atoms with van der Waals surface area (Å²) < 4.78 is 7.73. The highest BCUT2D eigenvalue weighted by molar-refractivity contribution is 6.07. The lowest BCUT2D eigenvalue weighted by molar-refractivity contribution is 0.0533. The van der Waals surface area contributed by atoms with Crippen LogP contribution < -0.4 is 4.74 Å². The molecule has 2 aromatic heterocycles. The van der Waals surface area contributed by atoms with E-state index >= 15 is 0 Å². The number of piperazine rings is 1. The average Bonchev–Trinajstić information content (AvgIpc) is 3.20. The quantitative estimate of drug-likeness (QED) is 0.482. The minimum absolute atomic E-state index is 0.00437. The molecule has 3 heterocycles. The third-order valence-electron chi connectivity index (χ3n) is 5.89. The number of fused-ring (bicyclic) bond motifs is 1. The van der Waals surface area contributed by atoms with Gasteiger partial charge in [0.05, 0.1) is 5.56 Å². The van der Waals surface area contributed by atoms with Crippen molar-refractivity contribution in [2.24, 2.45) is 7.05 Å². The van der Waals surface area contributed by atoms with Crippen LogP contribution in [-0.4, -0.2) is 57.3 Å². The highest BCUT2D eigenvalue weighted by Gasteiger charge is 2.27. The molecule has 166 valence electrons. The molecule has 2 aromatic carbocycles. The van der Waals surface area contributed by atoms with Gasteiger partial charge in [0.2, 0.25) is 5.88 Å². The first-order valence-electron chi connectivity index (χ1n) is 10.9. The molecule has 5 rings (SSSR count). The van der Waals surface area contributed by atoms with Gasteiger partial charge in [-0.05, 0) is 24.3 Å². The molecule has 33 heavy (non-hydrogen) atoms. The highest BCUT2D eigenvalue weighted by Crippen LogP contribution is 2.23. The zero-order valence-electron chi connectivity index (χ0n) is 18.3. The minimum Gasteiger partial charge on any atom is -0.439 e. The SMILES string of the molecule is Cn1cc(C(=O)N2CCN(C(=O)c3cccc(Oc4ccccc4)n3)CC2)c2ccccc21.